The Bertz CT molecular complexity index is 1380. The van der Waals surface area contributed by atoms with Crippen LogP contribution in [0.5, 0.6) is 0 Å². The van der Waals surface area contributed by atoms with Gasteiger partial charge in [-0.05, 0) is 31.4 Å². The molecule has 0 bridgehead atoms. The van der Waals surface area contributed by atoms with Crippen LogP contribution in [-0.4, -0.2) is 53.1 Å². The van der Waals surface area contributed by atoms with Crippen LogP contribution >= 0.6 is 23.2 Å². The number of nitrogens with zero attached hydrogens (tertiary/aromatic N) is 3. The number of aryl methyl sites for hydroxylation is 1. The van der Waals surface area contributed by atoms with E-state index in [1.54, 1.807) is 10.7 Å². The van der Waals surface area contributed by atoms with E-state index in [0.717, 1.165) is 42.7 Å². The average Bonchev–Trinajstić information content (AvgIpc) is 3.52. The minimum atomic E-state index is -3.45. The van der Waals surface area contributed by atoms with Crippen molar-refractivity contribution in [1.29, 1.82) is 0 Å². The third kappa shape index (κ3) is 12.2. The lowest BCUT2D eigenvalue weighted by molar-refractivity contribution is 0.144. The van der Waals surface area contributed by atoms with E-state index in [4.69, 9.17) is 27.9 Å². The van der Waals surface area contributed by atoms with Crippen molar-refractivity contribution < 1.29 is 13.2 Å². The van der Waals surface area contributed by atoms with Gasteiger partial charge in [-0.2, -0.15) is 4.63 Å². The number of aromatic nitrogens is 4. The fourth-order valence-electron chi connectivity index (χ4n) is 5.28. The number of aromatic amines is 1. The van der Waals surface area contributed by atoms with Gasteiger partial charge in [0.15, 0.2) is 11.5 Å². The Morgan fingerprint density at radius 2 is 1.45 bits per heavy atom. The van der Waals surface area contributed by atoms with Gasteiger partial charge in [-0.15, -0.1) is 16.7 Å². The summed E-state index contributed by atoms with van der Waals surface area (Å²) in [6, 6.07) is 5.57. The van der Waals surface area contributed by atoms with Gasteiger partial charge < -0.3 is 4.74 Å². The van der Waals surface area contributed by atoms with Gasteiger partial charge in [-0.3, -0.25) is 9.82 Å². The maximum atomic E-state index is 12.9. The Kier molecular flexibility index (Phi) is 15.3. The lowest BCUT2D eigenvalue weighted by Crippen LogP contribution is -2.17. The molecule has 2 aromatic heterocycles. The van der Waals surface area contributed by atoms with Crippen molar-refractivity contribution in [2.75, 3.05) is 29.6 Å². The van der Waals surface area contributed by atoms with Gasteiger partial charge in [0, 0.05) is 23.5 Å². The number of hydrogen-bond acceptors (Lipinski definition) is 5. The Balaban J connectivity index is 1.30. The zero-order chi connectivity index (χ0) is 32.0. The van der Waals surface area contributed by atoms with E-state index in [1.165, 1.54) is 64.2 Å². The highest BCUT2D eigenvalue weighted by Gasteiger charge is 2.24. The molecule has 0 fully saturated rings. The van der Waals surface area contributed by atoms with Crippen LogP contribution in [0.2, 0.25) is 5.02 Å². The van der Waals surface area contributed by atoms with Crippen molar-refractivity contribution in [2.45, 2.75) is 123 Å². The molecule has 0 amide bonds. The normalized spacial score (nSPS) is 12.4. The first kappa shape index (κ1) is 36.7. The number of H-pyrrole nitrogens is 1. The van der Waals surface area contributed by atoms with Crippen LogP contribution in [0.25, 0.3) is 17.0 Å². The van der Waals surface area contributed by atoms with Crippen molar-refractivity contribution in [3.8, 4) is 11.4 Å². The number of sulfonamides is 1. The fraction of sp³-hybridized carbons (Fsp3) is 0.697. The number of nitrogens with one attached hydrogen (secondary N) is 2. The van der Waals surface area contributed by atoms with Crippen LogP contribution in [-0.2, 0) is 20.2 Å². The van der Waals surface area contributed by atoms with E-state index in [9.17, 15) is 8.42 Å². The third-order valence-electron chi connectivity index (χ3n) is 7.93. The molecule has 0 atom stereocenters. The molecule has 0 saturated heterocycles. The lowest BCUT2D eigenvalue weighted by Gasteiger charge is -2.16. The minimum absolute atomic E-state index is 0.119. The van der Waals surface area contributed by atoms with Gasteiger partial charge in [-0.25, -0.2) is 13.4 Å². The van der Waals surface area contributed by atoms with E-state index in [1.807, 2.05) is 19.1 Å². The van der Waals surface area contributed by atoms with Crippen molar-refractivity contribution in [1.82, 2.24) is 19.8 Å². The summed E-state index contributed by atoms with van der Waals surface area (Å²) in [7, 11) is -3.45. The van der Waals surface area contributed by atoms with Gasteiger partial charge in [0.1, 0.15) is 5.02 Å². The molecule has 0 aliphatic carbocycles. The summed E-state index contributed by atoms with van der Waals surface area (Å²) in [5.41, 5.74) is 3.37. The molecule has 3 rings (SSSR count). The zero-order valence-electron chi connectivity index (χ0n) is 27.2. The summed E-state index contributed by atoms with van der Waals surface area (Å²) in [5, 5.41) is 8.32. The Morgan fingerprint density at radius 1 is 0.886 bits per heavy atom. The molecule has 0 saturated carbocycles. The molecule has 3 aromatic rings. The maximum Gasteiger partial charge on any atom is 0.232 e. The van der Waals surface area contributed by atoms with Crippen LogP contribution in [0.15, 0.2) is 18.2 Å². The largest absolute Gasteiger partial charge is 0.380 e. The van der Waals surface area contributed by atoms with Crippen LogP contribution in [0.3, 0.4) is 0 Å². The first-order chi connectivity index (χ1) is 21.0. The third-order valence-corrected chi connectivity index (χ3v) is 9.79. The predicted molar refractivity (Wildman–Crippen MR) is 185 cm³/mol. The minimum Gasteiger partial charge on any atom is -0.380 e. The van der Waals surface area contributed by atoms with Crippen LogP contribution in [0, 0.1) is 6.92 Å². The SMILES string of the molecule is Cc1ccc(-c2nc3c(Cl)c(C(C)(C)C)[nH]n3n2)cc1NS(=O)(=O)CCCCCCCCCCCCCCCCOCCCl. The van der Waals surface area contributed by atoms with E-state index in [2.05, 4.69) is 40.7 Å². The van der Waals surface area contributed by atoms with E-state index in [-0.39, 0.29) is 11.2 Å². The lowest BCUT2D eigenvalue weighted by atomic mass is 9.92. The quantitative estimate of drug-likeness (QED) is 0.0819. The number of alkyl halides is 1. The monoisotopic (exact) mass is 669 g/mol. The van der Waals surface area contributed by atoms with Gasteiger partial charge in [-0.1, -0.05) is 122 Å². The standard InChI is InChI=1S/C33H53Cl2N5O3S/c1-26-19-20-27(31-36-32-29(35)30(33(2,3)4)37-40(32)38-31)25-28(26)39-44(41,42)24-18-16-14-12-10-8-6-5-7-9-11-13-15-17-22-43-23-21-34/h19-20,25,37,39H,5-18,21-24H2,1-4H3. The second-order valence-corrected chi connectivity index (χ2v) is 15.5. The molecule has 0 unspecified atom stereocenters. The summed E-state index contributed by atoms with van der Waals surface area (Å²) in [6.45, 7) is 9.60. The first-order valence-electron chi connectivity index (χ1n) is 16.4. The molecule has 11 heteroatoms. The first-order valence-corrected chi connectivity index (χ1v) is 19.0. The summed E-state index contributed by atoms with van der Waals surface area (Å²) in [6.07, 6.45) is 16.7. The molecule has 8 nitrogen and oxygen atoms in total. The maximum absolute atomic E-state index is 12.9. The summed E-state index contributed by atoms with van der Waals surface area (Å²) < 4.78 is 35.5. The smallest absolute Gasteiger partial charge is 0.232 e. The molecule has 248 valence electrons. The molecule has 44 heavy (non-hydrogen) atoms. The number of ether oxygens (including phenoxy) is 1. The van der Waals surface area contributed by atoms with Gasteiger partial charge >= 0.3 is 0 Å². The Morgan fingerprint density at radius 3 is 2.00 bits per heavy atom. The highest BCUT2D eigenvalue weighted by Crippen LogP contribution is 2.32. The average molecular weight is 671 g/mol. The van der Waals surface area contributed by atoms with Crippen molar-refractivity contribution in [3.63, 3.8) is 0 Å². The van der Waals surface area contributed by atoms with E-state index in [0.29, 0.717) is 41.1 Å². The summed E-state index contributed by atoms with van der Waals surface area (Å²) >= 11 is 12.2. The van der Waals surface area contributed by atoms with Gasteiger partial charge in [0.25, 0.3) is 0 Å². The zero-order valence-corrected chi connectivity index (χ0v) is 29.5. The summed E-state index contributed by atoms with van der Waals surface area (Å²) in [5.74, 6) is 1.18. The topological polar surface area (TPSA) is 101 Å². The van der Waals surface area contributed by atoms with Gasteiger partial charge in [0.2, 0.25) is 10.0 Å². The molecule has 2 heterocycles. The van der Waals surface area contributed by atoms with Crippen LogP contribution in [0.1, 0.15) is 122 Å². The van der Waals surface area contributed by atoms with E-state index >= 15 is 0 Å². The van der Waals surface area contributed by atoms with Crippen molar-refractivity contribution in [3.05, 3.63) is 34.5 Å². The van der Waals surface area contributed by atoms with Gasteiger partial charge in [0.05, 0.1) is 23.7 Å². The second kappa shape index (κ2) is 18.4. The molecule has 1 aromatic carbocycles. The van der Waals surface area contributed by atoms with Crippen LogP contribution in [0.4, 0.5) is 5.69 Å². The number of hydrogen-bond donors (Lipinski definition) is 2. The second-order valence-electron chi connectivity index (χ2n) is 12.9. The fourth-order valence-corrected chi connectivity index (χ4v) is 7.08. The number of halogens is 2. The predicted octanol–water partition coefficient (Wildman–Crippen LogP) is 9.44. The highest BCUT2D eigenvalue weighted by molar-refractivity contribution is 7.92. The van der Waals surface area contributed by atoms with E-state index < -0.39 is 10.0 Å². The number of benzene rings is 1. The molecule has 0 aliphatic rings. The molecule has 0 radical (unpaired) electrons. The van der Waals surface area contributed by atoms with Crippen molar-refractivity contribution in [2.24, 2.45) is 0 Å². The number of fused-ring (bicyclic) bond motifs is 1. The molecule has 2 N–H and O–H groups in total. The number of unbranched alkanes of at least 4 members (excludes halogenated alkanes) is 13. The highest BCUT2D eigenvalue weighted by atomic mass is 35.5. The Labute approximate surface area is 275 Å². The molecule has 0 aliphatic heterocycles. The summed E-state index contributed by atoms with van der Waals surface area (Å²) in [4.78, 5) is 4.62. The van der Waals surface area contributed by atoms with Crippen LogP contribution < -0.4 is 4.72 Å². The van der Waals surface area contributed by atoms with Crippen molar-refractivity contribution >= 4 is 44.6 Å². The molecular formula is C33H53Cl2N5O3S. The number of rotatable bonds is 22. The molecular weight excluding hydrogens is 617 g/mol. The Hall–Kier alpha value is -1.81. The molecule has 0 spiro atoms. The number of anilines is 1.